The number of fused-ring (bicyclic) bond motifs is 1. The number of aryl methyl sites for hydroxylation is 1. The van der Waals surface area contributed by atoms with Crippen molar-refractivity contribution in [2.75, 3.05) is 12.0 Å². The standard InChI is InChI=1S/C24H18N2O5S/c1-13-8-9-16-18(11-13)32-24(25-16)26-20(17-7-4-10-31-17)19(22(28)23(26)29)21(27)14-5-3-6-15(12-14)30-2/h3-12,20,27H,1-2H3/b21-19+/t20-/m0/s1. The van der Waals surface area contributed by atoms with Gasteiger partial charge in [-0.05, 0) is 48.9 Å². The molecule has 1 N–H and O–H groups in total. The quantitative estimate of drug-likeness (QED) is 0.274. The van der Waals surface area contributed by atoms with E-state index in [1.807, 2.05) is 25.1 Å². The summed E-state index contributed by atoms with van der Waals surface area (Å²) in [6.07, 6.45) is 1.46. The molecule has 2 aromatic heterocycles. The molecular formula is C24H18N2O5S. The van der Waals surface area contributed by atoms with Crippen molar-refractivity contribution in [2.45, 2.75) is 13.0 Å². The van der Waals surface area contributed by atoms with Crippen molar-refractivity contribution in [2.24, 2.45) is 0 Å². The number of rotatable bonds is 4. The Morgan fingerprint density at radius 2 is 2.00 bits per heavy atom. The van der Waals surface area contributed by atoms with E-state index in [4.69, 9.17) is 9.15 Å². The first-order chi connectivity index (χ1) is 15.5. The second-order valence-electron chi connectivity index (χ2n) is 7.38. The third kappa shape index (κ3) is 3.16. The summed E-state index contributed by atoms with van der Waals surface area (Å²) in [4.78, 5) is 32.2. The summed E-state index contributed by atoms with van der Waals surface area (Å²) in [6.45, 7) is 1.97. The highest BCUT2D eigenvalue weighted by atomic mass is 32.1. The molecule has 0 unspecified atom stereocenters. The van der Waals surface area contributed by atoms with Crippen LogP contribution < -0.4 is 9.64 Å². The zero-order valence-electron chi connectivity index (χ0n) is 17.2. The second kappa shape index (κ2) is 7.65. The van der Waals surface area contributed by atoms with Gasteiger partial charge in [0.25, 0.3) is 5.78 Å². The average molecular weight is 446 g/mol. The Morgan fingerprint density at radius 1 is 1.16 bits per heavy atom. The van der Waals surface area contributed by atoms with E-state index in [1.165, 1.54) is 29.6 Å². The van der Waals surface area contributed by atoms with Crippen LogP contribution in [0.3, 0.4) is 0 Å². The first kappa shape index (κ1) is 20.0. The van der Waals surface area contributed by atoms with E-state index in [1.54, 1.807) is 36.4 Å². The molecule has 0 saturated carbocycles. The highest BCUT2D eigenvalue weighted by Crippen LogP contribution is 2.44. The molecule has 160 valence electrons. The number of hydrogen-bond donors (Lipinski definition) is 1. The monoisotopic (exact) mass is 446 g/mol. The van der Waals surface area contributed by atoms with Crippen molar-refractivity contribution >= 4 is 44.1 Å². The van der Waals surface area contributed by atoms with Gasteiger partial charge in [0, 0.05) is 5.56 Å². The molecule has 1 amide bonds. The highest BCUT2D eigenvalue weighted by Gasteiger charge is 2.49. The van der Waals surface area contributed by atoms with Gasteiger partial charge < -0.3 is 14.3 Å². The summed E-state index contributed by atoms with van der Waals surface area (Å²) >= 11 is 1.31. The van der Waals surface area contributed by atoms with Crippen LogP contribution in [0.15, 0.2) is 70.9 Å². The van der Waals surface area contributed by atoms with Crippen LogP contribution >= 0.6 is 11.3 Å². The molecule has 0 radical (unpaired) electrons. The lowest BCUT2D eigenvalue weighted by molar-refractivity contribution is -0.132. The van der Waals surface area contributed by atoms with Crippen molar-refractivity contribution < 1.29 is 23.8 Å². The molecule has 32 heavy (non-hydrogen) atoms. The molecule has 1 aliphatic rings. The van der Waals surface area contributed by atoms with Crippen LogP contribution in [0.25, 0.3) is 16.0 Å². The molecule has 8 heteroatoms. The van der Waals surface area contributed by atoms with E-state index < -0.39 is 17.7 Å². The summed E-state index contributed by atoms with van der Waals surface area (Å²) in [7, 11) is 1.51. The largest absolute Gasteiger partial charge is 0.507 e. The van der Waals surface area contributed by atoms with Crippen molar-refractivity contribution in [3.63, 3.8) is 0 Å². The number of hydrogen-bond acceptors (Lipinski definition) is 7. The minimum absolute atomic E-state index is 0.0614. The van der Waals surface area contributed by atoms with E-state index >= 15 is 0 Å². The summed E-state index contributed by atoms with van der Waals surface area (Å²) < 4.78 is 11.7. The number of aliphatic hydroxyl groups excluding tert-OH is 1. The summed E-state index contributed by atoms with van der Waals surface area (Å²) in [6, 6.07) is 14.8. The van der Waals surface area contributed by atoms with Crippen LogP contribution in [-0.4, -0.2) is 28.9 Å². The second-order valence-corrected chi connectivity index (χ2v) is 8.39. The first-order valence-electron chi connectivity index (χ1n) is 9.84. The summed E-state index contributed by atoms with van der Waals surface area (Å²) in [5.74, 6) is -1.01. The van der Waals surface area contributed by atoms with Gasteiger partial charge in [0.2, 0.25) is 0 Å². The van der Waals surface area contributed by atoms with E-state index in [-0.39, 0.29) is 11.3 Å². The fourth-order valence-electron chi connectivity index (χ4n) is 3.79. The molecule has 1 atom stereocenters. The molecule has 1 fully saturated rings. The topological polar surface area (TPSA) is 92.9 Å². The van der Waals surface area contributed by atoms with Gasteiger partial charge in [0.15, 0.2) is 5.13 Å². The van der Waals surface area contributed by atoms with Gasteiger partial charge in [0.1, 0.15) is 23.3 Å². The van der Waals surface area contributed by atoms with Crippen LogP contribution in [0, 0.1) is 6.92 Å². The molecule has 7 nitrogen and oxygen atoms in total. The molecule has 5 rings (SSSR count). The number of Topliss-reactive ketones (excluding diaryl/α,β-unsaturated/α-hetero) is 1. The van der Waals surface area contributed by atoms with Gasteiger partial charge in [-0.2, -0.15) is 0 Å². The van der Waals surface area contributed by atoms with Gasteiger partial charge in [-0.25, -0.2) is 4.98 Å². The summed E-state index contributed by atoms with van der Waals surface area (Å²) in [5.41, 5.74) is 2.09. The Kier molecular flexibility index (Phi) is 4.79. The lowest BCUT2D eigenvalue weighted by Gasteiger charge is -2.20. The van der Waals surface area contributed by atoms with Gasteiger partial charge in [-0.3, -0.25) is 14.5 Å². The Hall–Kier alpha value is -3.91. The molecule has 3 heterocycles. The van der Waals surface area contributed by atoms with Gasteiger partial charge in [0.05, 0.1) is 29.2 Å². The molecule has 0 aliphatic carbocycles. The fraction of sp³-hybridized carbons (Fsp3) is 0.125. The zero-order valence-corrected chi connectivity index (χ0v) is 18.1. The van der Waals surface area contributed by atoms with Crippen LogP contribution in [0.1, 0.15) is 22.9 Å². The van der Waals surface area contributed by atoms with Crippen LogP contribution in [0.2, 0.25) is 0 Å². The number of methoxy groups -OCH3 is 1. The molecule has 0 bridgehead atoms. The van der Waals surface area contributed by atoms with Crippen LogP contribution in [-0.2, 0) is 9.59 Å². The van der Waals surface area contributed by atoms with Crippen molar-refractivity contribution in [1.82, 2.24) is 4.98 Å². The lowest BCUT2D eigenvalue weighted by Crippen LogP contribution is -2.29. The number of ether oxygens (including phenoxy) is 1. The van der Waals surface area contributed by atoms with E-state index in [9.17, 15) is 14.7 Å². The fourth-order valence-corrected chi connectivity index (χ4v) is 4.88. The molecule has 1 aliphatic heterocycles. The first-order valence-corrected chi connectivity index (χ1v) is 10.7. The molecule has 1 saturated heterocycles. The van der Waals surface area contributed by atoms with E-state index in [2.05, 4.69) is 4.98 Å². The normalized spacial score (nSPS) is 17.9. The SMILES string of the molecule is COc1cccc(/C(O)=C2\C(=O)C(=O)N(c3nc4ccc(C)cc4s3)[C@H]2c2ccco2)c1. The third-order valence-electron chi connectivity index (χ3n) is 5.34. The predicted octanol–water partition coefficient (Wildman–Crippen LogP) is 4.83. The van der Waals surface area contributed by atoms with E-state index in [0.29, 0.717) is 22.2 Å². The minimum atomic E-state index is -0.946. The van der Waals surface area contributed by atoms with Gasteiger partial charge >= 0.3 is 5.91 Å². The minimum Gasteiger partial charge on any atom is -0.507 e. The Balaban J connectivity index is 1.71. The highest BCUT2D eigenvalue weighted by molar-refractivity contribution is 7.22. The van der Waals surface area contributed by atoms with Crippen LogP contribution in [0.4, 0.5) is 5.13 Å². The maximum atomic E-state index is 13.2. The number of carbonyl (C=O) groups excluding carboxylic acids is 2. The number of anilines is 1. The molecule has 4 aromatic rings. The van der Waals surface area contributed by atoms with Crippen molar-refractivity contribution in [3.8, 4) is 5.75 Å². The van der Waals surface area contributed by atoms with Crippen molar-refractivity contribution in [3.05, 3.63) is 83.3 Å². The summed E-state index contributed by atoms with van der Waals surface area (Å²) in [5, 5.41) is 11.5. The number of amides is 1. The number of aliphatic hydroxyl groups is 1. The number of benzene rings is 2. The number of nitrogens with zero attached hydrogens (tertiary/aromatic N) is 2. The number of furan rings is 1. The van der Waals surface area contributed by atoms with Crippen LogP contribution in [0.5, 0.6) is 5.75 Å². The number of thiazole rings is 1. The molecule has 0 spiro atoms. The maximum absolute atomic E-state index is 13.2. The number of aromatic nitrogens is 1. The Labute approximate surface area is 187 Å². The van der Waals surface area contributed by atoms with Gasteiger partial charge in [-0.1, -0.05) is 29.5 Å². The molecule has 2 aromatic carbocycles. The lowest BCUT2D eigenvalue weighted by atomic mass is 9.99. The van der Waals surface area contributed by atoms with Gasteiger partial charge in [-0.15, -0.1) is 0 Å². The number of ketones is 1. The zero-order chi connectivity index (χ0) is 22.4. The van der Waals surface area contributed by atoms with E-state index in [0.717, 1.165) is 15.8 Å². The molecular weight excluding hydrogens is 428 g/mol. The predicted molar refractivity (Wildman–Crippen MR) is 121 cm³/mol. The third-order valence-corrected chi connectivity index (χ3v) is 6.36. The maximum Gasteiger partial charge on any atom is 0.302 e. The Morgan fingerprint density at radius 3 is 2.75 bits per heavy atom. The van der Waals surface area contributed by atoms with Crippen molar-refractivity contribution in [1.29, 1.82) is 0 Å². The number of carbonyl (C=O) groups is 2. The average Bonchev–Trinajstić information content (AvgIpc) is 3.52. The Bertz CT molecular complexity index is 1390. The smallest absolute Gasteiger partial charge is 0.302 e.